The first-order chi connectivity index (χ1) is 9.45. The maximum Gasteiger partial charge on any atom is 0.305 e. The third-order valence-electron chi connectivity index (χ3n) is 4.41. The van der Waals surface area contributed by atoms with E-state index in [0.717, 1.165) is 30.8 Å². The third kappa shape index (κ3) is 2.05. The summed E-state index contributed by atoms with van der Waals surface area (Å²) in [4.78, 5) is 13.6. The molecule has 2 aliphatic rings. The molecule has 3 atom stereocenters. The molecule has 2 N–H and O–H groups in total. The molecule has 2 aliphatic heterocycles. The number of hydrogen-bond acceptors (Lipinski definition) is 5. The van der Waals surface area contributed by atoms with Gasteiger partial charge in [0, 0.05) is 18.3 Å². The first-order valence-electron chi connectivity index (χ1n) is 6.87. The maximum atomic E-state index is 12.8. The van der Waals surface area contributed by atoms with Crippen LogP contribution in [0.3, 0.4) is 0 Å². The van der Waals surface area contributed by atoms with Crippen molar-refractivity contribution in [2.24, 2.45) is 11.8 Å². The van der Waals surface area contributed by atoms with Crippen molar-refractivity contribution in [1.29, 1.82) is 0 Å². The van der Waals surface area contributed by atoms with Crippen LogP contribution in [0.2, 0.25) is 0 Å². The lowest BCUT2D eigenvalue weighted by Gasteiger charge is -2.25. The summed E-state index contributed by atoms with van der Waals surface area (Å²) < 4.78 is 27.4. The molecule has 20 heavy (non-hydrogen) atoms. The molecular weight excluding hydrogens is 298 g/mol. The number of aryl methyl sites for hydroxylation is 1. The quantitative estimate of drug-likeness (QED) is 0.843. The molecule has 2 saturated heterocycles. The van der Waals surface area contributed by atoms with Gasteiger partial charge in [-0.05, 0) is 38.3 Å². The van der Waals surface area contributed by atoms with Gasteiger partial charge in [0.15, 0.2) is 4.21 Å². The zero-order valence-corrected chi connectivity index (χ0v) is 13.2. The number of H-pyrrole nitrogens is 1. The molecule has 0 aliphatic carbocycles. The van der Waals surface area contributed by atoms with Crippen LogP contribution in [-0.2, 0) is 10.0 Å². The van der Waals surface area contributed by atoms with Crippen LogP contribution in [0.1, 0.15) is 19.0 Å². The lowest BCUT2D eigenvalue weighted by Crippen LogP contribution is -2.39. The van der Waals surface area contributed by atoms with Crippen LogP contribution in [-0.4, -0.2) is 43.4 Å². The van der Waals surface area contributed by atoms with Crippen molar-refractivity contribution in [3.63, 3.8) is 0 Å². The van der Waals surface area contributed by atoms with E-state index in [9.17, 15) is 13.2 Å². The highest BCUT2D eigenvalue weighted by Crippen LogP contribution is 2.38. The van der Waals surface area contributed by atoms with Crippen LogP contribution in [0.5, 0.6) is 0 Å². The van der Waals surface area contributed by atoms with E-state index in [4.69, 9.17) is 0 Å². The van der Waals surface area contributed by atoms with E-state index in [-0.39, 0.29) is 15.1 Å². The topological polar surface area (TPSA) is 82.3 Å². The van der Waals surface area contributed by atoms with Crippen molar-refractivity contribution < 1.29 is 8.42 Å². The van der Waals surface area contributed by atoms with Crippen LogP contribution in [0.25, 0.3) is 0 Å². The minimum Gasteiger partial charge on any atom is -0.316 e. The highest BCUT2D eigenvalue weighted by molar-refractivity contribution is 7.91. The summed E-state index contributed by atoms with van der Waals surface area (Å²) in [5.41, 5.74) is 0.449. The second kappa shape index (κ2) is 4.94. The maximum absolute atomic E-state index is 12.8. The Kier molecular flexibility index (Phi) is 3.52. The molecule has 0 radical (unpaired) electrons. The first-order valence-corrected chi connectivity index (χ1v) is 9.13. The highest BCUT2D eigenvalue weighted by atomic mass is 32.2. The first kappa shape index (κ1) is 14.2. The molecule has 0 bridgehead atoms. The SMILES string of the molecule is CCC1C2CNCC2CN1S(=O)(=O)c1sc(=O)[nH]c1C. The van der Waals surface area contributed by atoms with Crippen molar-refractivity contribution in [2.75, 3.05) is 19.6 Å². The Hall–Kier alpha value is -0.700. The number of rotatable bonds is 3. The van der Waals surface area contributed by atoms with Crippen LogP contribution < -0.4 is 10.2 Å². The summed E-state index contributed by atoms with van der Waals surface area (Å²) in [6.45, 7) is 6.00. The van der Waals surface area contributed by atoms with E-state index in [0.29, 0.717) is 24.1 Å². The standard InChI is InChI=1S/C12H19N3O3S2/c1-3-10-9-5-13-4-8(9)6-15(10)20(17,18)11-7(2)14-12(16)19-11/h8-10,13H,3-6H2,1-2H3,(H,14,16). The summed E-state index contributed by atoms with van der Waals surface area (Å²) in [5, 5.41) is 3.34. The Morgan fingerprint density at radius 3 is 2.75 bits per heavy atom. The third-order valence-corrected chi connectivity index (χ3v) is 7.89. The molecule has 3 heterocycles. The van der Waals surface area contributed by atoms with E-state index in [1.807, 2.05) is 6.92 Å². The van der Waals surface area contributed by atoms with Crippen LogP contribution in [0, 0.1) is 18.8 Å². The van der Waals surface area contributed by atoms with Gasteiger partial charge in [-0.25, -0.2) is 8.42 Å². The molecule has 1 aromatic heterocycles. The minimum absolute atomic E-state index is 0.0385. The Labute approximate surface area is 122 Å². The Morgan fingerprint density at radius 2 is 2.15 bits per heavy atom. The summed E-state index contributed by atoms with van der Waals surface area (Å²) in [6.07, 6.45) is 0.806. The van der Waals surface area contributed by atoms with Gasteiger partial charge in [-0.15, -0.1) is 0 Å². The van der Waals surface area contributed by atoms with Crippen molar-refractivity contribution in [3.05, 3.63) is 15.4 Å². The number of thiazole rings is 1. The lowest BCUT2D eigenvalue weighted by atomic mass is 9.93. The molecule has 0 spiro atoms. The zero-order chi connectivity index (χ0) is 14.5. The van der Waals surface area contributed by atoms with Gasteiger partial charge in [0.1, 0.15) is 0 Å². The van der Waals surface area contributed by atoms with Crippen molar-refractivity contribution in [2.45, 2.75) is 30.5 Å². The molecule has 0 amide bonds. The monoisotopic (exact) mass is 317 g/mol. The molecule has 1 aromatic rings. The van der Waals surface area contributed by atoms with Gasteiger partial charge < -0.3 is 10.3 Å². The molecule has 112 valence electrons. The van der Waals surface area contributed by atoms with Crippen LogP contribution >= 0.6 is 11.3 Å². The second-order valence-electron chi connectivity index (χ2n) is 5.56. The molecule has 3 rings (SSSR count). The van der Waals surface area contributed by atoms with Gasteiger partial charge in [-0.1, -0.05) is 18.3 Å². The number of aromatic nitrogens is 1. The normalized spacial score (nSPS) is 30.8. The predicted molar refractivity (Wildman–Crippen MR) is 77.5 cm³/mol. The predicted octanol–water partition coefficient (Wildman–Crippen LogP) is 0.363. The van der Waals surface area contributed by atoms with E-state index in [1.165, 1.54) is 0 Å². The number of nitrogens with one attached hydrogen (secondary N) is 2. The van der Waals surface area contributed by atoms with Crippen molar-refractivity contribution in [1.82, 2.24) is 14.6 Å². The largest absolute Gasteiger partial charge is 0.316 e. The van der Waals surface area contributed by atoms with Crippen molar-refractivity contribution >= 4 is 21.4 Å². The summed E-state index contributed by atoms with van der Waals surface area (Å²) in [6, 6.07) is 0.0385. The number of nitrogens with zero attached hydrogens (tertiary/aromatic N) is 1. The minimum atomic E-state index is -3.56. The van der Waals surface area contributed by atoms with Gasteiger partial charge in [0.2, 0.25) is 0 Å². The number of aromatic amines is 1. The number of sulfonamides is 1. The van der Waals surface area contributed by atoms with Gasteiger partial charge in [-0.3, -0.25) is 4.79 Å². The molecule has 6 nitrogen and oxygen atoms in total. The van der Waals surface area contributed by atoms with E-state index >= 15 is 0 Å². The Bertz CT molecular complexity index is 664. The highest BCUT2D eigenvalue weighted by Gasteiger charge is 2.48. The molecule has 0 aromatic carbocycles. The summed E-state index contributed by atoms with van der Waals surface area (Å²) >= 11 is 0.792. The fourth-order valence-electron chi connectivity index (χ4n) is 3.51. The molecule has 0 saturated carbocycles. The Balaban J connectivity index is 1.99. The molecule has 3 unspecified atom stereocenters. The lowest BCUT2D eigenvalue weighted by molar-refractivity contribution is 0.329. The van der Waals surface area contributed by atoms with E-state index < -0.39 is 10.0 Å². The second-order valence-corrected chi connectivity index (χ2v) is 8.63. The average Bonchev–Trinajstić information content (AvgIpc) is 3.02. The van der Waals surface area contributed by atoms with Gasteiger partial charge in [0.05, 0.1) is 0 Å². The van der Waals surface area contributed by atoms with Crippen molar-refractivity contribution in [3.8, 4) is 0 Å². The smallest absolute Gasteiger partial charge is 0.305 e. The summed E-state index contributed by atoms with van der Waals surface area (Å²) in [5.74, 6) is 0.788. The Morgan fingerprint density at radius 1 is 1.40 bits per heavy atom. The number of hydrogen-bond donors (Lipinski definition) is 2. The fourth-order valence-corrected chi connectivity index (χ4v) is 6.72. The van der Waals surface area contributed by atoms with Crippen LogP contribution in [0.4, 0.5) is 0 Å². The van der Waals surface area contributed by atoms with Gasteiger partial charge in [0.25, 0.3) is 10.0 Å². The molecule has 2 fully saturated rings. The van der Waals surface area contributed by atoms with E-state index in [2.05, 4.69) is 10.3 Å². The molecular formula is C12H19N3O3S2. The summed E-state index contributed by atoms with van der Waals surface area (Å²) in [7, 11) is -3.56. The van der Waals surface area contributed by atoms with Crippen LogP contribution in [0.15, 0.2) is 9.00 Å². The molecule has 8 heteroatoms. The average molecular weight is 317 g/mol. The van der Waals surface area contributed by atoms with E-state index in [1.54, 1.807) is 11.2 Å². The zero-order valence-electron chi connectivity index (χ0n) is 11.5. The fraction of sp³-hybridized carbons (Fsp3) is 0.750. The van der Waals surface area contributed by atoms with Gasteiger partial charge >= 0.3 is 4.87 Å². The number of fused-ring (bicyclic) bond motifs is 1. The van der Waals surface area contributed by atoms with Gasteiger partial charge in [-0.2, -0.15) is 4.31 Å².